The molecule has 0 aliphatic carbocycles. The van der Waals surface area contributed by atoms with E-state index in [2.05, 4.69) is 10.2 Å². The summed E-state index contributed by atoms with van der Waals surface area (Å²) in [5.74, 6) is 0.398. The predicted octanol–water partition coefficient (Wildman–Crippen LogP) is 1.51. The van der Waals surface area contributed by atoms with Gasteiger partial charge in [-0.3, -0.25) is 4.57 Å². The van der Waals surface area contributed by atoms with Gasteiger partial charge >= 0.3 is 0 Å². The SMILES string of the molecule is Cc1nnc(Cl)n1CC(F)F. The summed E-state index contributed by atoms with van der Waals surface area (Å²) >= 11 is 5.45. The van der Waals surface area contributed by atoms with Crippen molar-refractivity contribution in [3.8, 4) is 0 Å². The lowest BCUT2D eigenvalue weighted by Crippen LogP contribution is -2.08. The summed E-state index contributed by atoms with van der Waals surface area (Å²) in [4.78, 5) is 0. The largest absolute Gasteiger partial charge is 0.296 e. The molecule has 0 unspecified atom stereocenters. The van der Waals surface area contributed by atoms with Gasteiger partial charge in [0.2, 0.25) is 5.28 Å². The quantitative estimate of drug-likeness (QED) is 0.693. The molecule has 1 heterocycles. The van der Waals surface area contributed by atoms with E-state index in [1.807, 2.05) is 0 Å². The van der Waals surface area contributed by atoms with Crippen LogP contribution in [0.5, 0.6) is 0 Å². The van der Waals surface area contributed by atoms with Crippen molar-refractivity contribution in [3.05, 3.63) is 11.1 Å². The van der Waals surface area contributed by atoms with Gasteiger partial charge < -0.3 is 0 Å². The normalized spacial score (nSPS) is 11.0. The molecule has 6 heteroatoms. The van der Waals surface area contributed by atoms with Crippen LogP contribution in [0.25, 0.3) is 0 Å². The van der Waals surface area contributed by atoms with E-state index in [-0.39, 0.29) is 5.28 Å². The third-order valence-corrected chi connectivity index (χ3v) is 1.49. The molecule has 0 N–H and O–H groups in total. The Balaban J connectivity index is 2.83. The molecule has 1 aromatic rings. The van der Waals surface area contributed by atoms with Gasteiger partial charge in [0.15, 0.2) is 0 Å². The lowest BCUT2D eigenvalue weighted by atomic mass is 10.6. The average molecular weight is 182 g/mol. The van der Waals surface area contributed by atoms with E-state index in [1.165, 1.54) is 0 Å². The zero-order valence-corrected chi connectivity index (χ0v) is 6.52. The topological polar surface area (TPSA) is 30.7 Å². The summed E-state index contributed by atoms with van der Waals surface area (Å²) in [6.07, 6.45) is -2.43. The van der Waals surface area contributed by atoms with E-state index in [9.17, 15) is 8.78 Å². The molecule has 0 fully saturated rings. The zero-order chi connectivity index (χ0) is 8.43. The monoisotopic (exact) mass is 181 g/mol. The Morgan fingerprint density at radius 1 is 1.55 bits per heavy atom. The maximum Gasteiger partial charge on any atom is 0.256 e. The van der Waals surface area contributed by atoms with Gasteiger partial charge in [-0.15, -0.1) is 10.2 Å². The minimum Gasteiger partial charge on any atom is -0.296 e. The van der Waals surface area contributed by atoms with Crippen molar-refractivity contribution in [3.63, 3.8) is 0 Å². The molecule has 0 radical (unpaired) electrons. The Bertz CT molecular complexity index is 228. The molecule has 1 aromatic heterocycles. The van der Waals surface area contributed by atoms with Crippen LogP contribution in [-0.2, 0) is 6.54 Å². The number of nitrogens with zero attached hydrogens (tertiary/aromatic N) is 3. The van der Waals surface area contributed by atoms with Gasteiger partial charge in [0, 0.05) is 0 Å². The number of halogens is 3. The highest BCUT2D eigenvalue weighted by atomic mass is 35.5. The fourth-order valence-corrected chi connectivity index (χ4v) is 0.930. The lowest BCUT2D eigenvalue weighted by molar-refractivity contribution is 0.125. The molecular weight excluding hydrogens is 176 g/mol. The Hall–Kier alpha value is -0.710. The van der Waals surface area contributed by atoms with Crippen molar-refractivity contribution in [2.24, 2.45) is 0 Å². The molecule has 0 aliphatic rings. The summed E-state index contributed by atoms with van der Waals surface area (Å²) in [6.45, 7) is 1.12. The van der Waals surface area contributed by atoms with Crippen LogP contribution in [0.1, 0.15) is 5.82 Å². The minimum atomic E-state index is -2.43. The minimum absolute atomic E-state index is 0.00259. The highest BCUT2D eigenvalue weighted by Crippen LogP contribution is 2.09. The van der Waals surface area contributed by atoms with Gasteiger partial charge in [0.1, 0.15) is 5.82 Å². The number of alkyl halides is 2. The number of aryl methyl sites for hydroxylation is 1. The molecule has 0 aromatic carbocycles. The van der Waals surface area contributed by atoms with Crippen molar-refractivity contribution < 1.29 is 8.78 Å². The Kier molecular flexibility index (Phi) is 2.38. The molecule has 0 aliphatic heterocycles. The van der Waals surface area contributed by atoms with E-state index >= 15 is 0 Å². The molecule has 0 saturated heterocycles. The predicted molar refractivity (Wildman–Crippen MR) is 35.8 cm³/mol. The number of aromatic nitrogens is 3. The summed E-state index contributed by atoms with van der Waals surface area (Å²) in [7, 11) is 0. The molecule has 0 atom stereocenters. The van der Waals surface area contributed by atoms with E-state index in [0.717, 1.165) is 4.57 Å². The molecule has 62 valence electrons. The van der Waals surface area contributed by atoms with Gasteiger partial charge in [-0.2, -0.15) is 0 Å². The standard InChI is InChI=1S/C5H6ClF2N3/c1-3-9-10-5(6)11(3)2-4(7)8/h4H,2H2,1H3. The Labute approximate surface area is 67.0 Å². The summed E-state index contributed by atoms with van der Waals surface area (Å²) in [5, 5.41) is 6.93. The molecule has 0 amide bonds. The molecule has 0 bridgehead atoms. The highest BCUT2D eigenvalue weighted by molar-refractivity contribution is 6.28. The van der Waals surface area contributed by atoms with Crippen molar-refractivity contribution >= 4 is 11.6 Å². The summed E-state index contributed by atoms with van der Waals surface area (Å²) in [5.41, 5.74) is 0. The second kappa shape index (κ2) is 3.13. The second-order valence-corrected chi connectivity index (χ2v) is 2.36. The van der Waals surface area contributed by atoms with Crippen molar-refractivity contribution in [2.45, 2.75) is 19.9 Å². The first-order valence-electron chi connectivity index (χ1n) is 2.94. The molecule has 0 spiro atoms. The van der Waals surface area contributed by atoms with Crippen LogP contribution in [0.15, 0.2) is 0 Å². The Morgan fingerprint density at radius 3 is 2.55 bits per heavy atom. The van der Waals surface area contributed by atoms with Crippen LogP contribution >= 0.6 is 11.6 Å². The van der Waals surface area contributed by atoms with E-state index in [4.69, 9.17) is 11.6 Å². The van der Waals surface area contributed by atoms with Crippen LogP contribution in [0.3, 0.4) is 0 Å². The number of hydrogen-bond acceptors (Lipinski definition) is 2. The molecule has 1 rings (SSSR count). The molecule has 3 nitrogen and oxygen atoms in total. The van der Waals surface area contributed by atoms with E-state index in [0.29, 0.717) is 5.82 Å². The zero-order valence-electron chi connectivity index (χ0n) is 5.76. The average Bonchev–Trinajstić information content (AvgIpc) is 2.18. The van der Waals surface area contributed by atoms with Crippen LogP contribution in [0.2, 0.25) is 5.28 Å². The van der Waals surface area contributed by atoms with Crippen molar-refractivity contribution in [1.29, 1.82) is 0 Å². The Morgan fingerprint density at radius 2 is 2.18 bits per heavy atom. The van der Waals surface area contributed by atoms with E-state index in [1.54, 1.807) is 6.92 Å². The first-order chi connectivity index (χ1) is 5.11. The van der Waals surface area contributed by atoms with Crippen LogP contribution in [-0.4, -0.2) is 21.2 Å². The van der Waals surface area contributed by atoms with Crippen LogP contribution in [0.4, 0.5) is 8.78 Å². The molecule has 11 heavy (non-hydrogen) atoms. The smallest absolute Gasteiger partial charge is 0.256 e. The summed E-state index contributed by atoms with van der Waals surface area (Å²) in [6, 6.07) is 0. The second-order valence-electron chi connectivity index (χ2n) is 2.02. The van der Waals surface area contributed by atoms with Gasteiger partial charge in [0.05, 0.1) is 6.54 Å². The maximum atomic E-state index is 11.8. The van der Waals surface area contributed by atoms with Gasteiger partial charge in [-0.25, -0.2) is 8.78 Å². The molecular formula is C5H6ClF2N3. The number of hydrogen-bond donors (Lipinski definition) is 0. The molecule has 0 saturated carbocycles. The first kappa shape index (κ1) is 8.39. The summed E-state index contributed by atoms with van der Waals surface area (Å²) < 4.78 is 24.8. The van der Waals surface area contributed by atoms with Gasteiger partial charge in [-0.05, 0) is 18.5 Å². The van der Waals surface area contributed by atoms with E-state index < -0.39 is 13.0 Å². The van der Waals surface area contributed by atoms with Crippen molar-refractivity contribution in [2.75, 3.05) is 0 Å². The van der Waals surface area contributed by atoms with Crippen molar-refractivity contribution in [1.82, 2.24) is 14.8 Å². The third kappa shape index (κ3) is 1.86. The highest BCUT2D eigenvalue weighted by Gasteiger charge is 2.10. The van der Waals surface area contributed by atoms with Gasteiger partial charge in [0.25, 0.3) is 6.43 Å². The van der Waals surface area contributed by atoms with Crippen LogP contribution < -0.4 is 0 Å². The fraction of sp³-hybridized carbons (Fsp3) is 0.600. The number of rotatable bonds is 2. The maximum absolute atomic E-state index is 11.8. The lowest BCUT2D eigenvalue weighted by Gasteiger charge is -2.02. The first-order valence-corrected chi connectivity index (χ1v) is 3.32. The third-order valence-electron chi connectivity index (χ3n) is 1.21. The fourth-order valence-electron chi connectivity index (χ4n) is 0.701. The van der Waals surface area contributed by atoms with Crippen LogP contribution in [0, 0.1) is 6.92 Å². The van der Waals surface area contributed by atoms with Gasteiger partial charge in [-0.1, -0.05) is 0 Å².